The topological polar surface area (TPSA) is 56.3 Å². The van der Waals surface area contributed by atoms with Crippen molar-refractivity contribution >= 4 is 17.4 Å². The monoisotopic (exact) mass is 307 g/mol. The molecular formula is C15H18ClN3O2. The van der Waals surface area contributed by atoms with Gasteiger partial charge in [-0.3, -0.25) is 0 Å². The van der Waals surface area contributed by atoms with Crippen LogP contribution in [-0.4, -0.2) is 24.1 Å². The van der Waals surface area contributed by atoms with Crippen LogP contribution in [0, 0.1) is 0 Å². The van der Waals surface area contributed by atoms with E-state index in [2.05, 4.69) is 15.3 Å². The lowest BCUT2D eigenvalue weighted by Crippen LogP contribution is -2.03. The molecule has 112 valence electrons. The molecule has 0 amide bonds. The maximum Gasteiger partial charge on any atom is 0.224 e. The Kier molecular flexibility index (Phi) is 5.36. The molecule has 0 spiro atoms. The Balaban J connectivity index is 2.27. The minimum atomic E-state index is 0.326. The molecule has 21 heavy (non-hydrogen) atoms. The zero-order valence-corrected chi connectivity index (χ0v) is 13.1. The Hall–Kier alpha value is -1.85. The van der Waals surface area contributed by atoms with Crippen molar-refractivity contribution in [3.05, 3.63) is 40.7 Å². The van der Waals surface area contributed by atoms with Crippen LogP contribution in [0.2, 0.25) is 5.02 Å². The van der Waals surface area contributed by atoms with Gasteiger partial charge < -0.3 is 14.8 Å². The maximum atomic E-state index is 6.11. The molecule has 0 aliphatic rings. The number of hydrogen-bond acceptors (Lipinski definition) is 5. The van der Waals surface area contributed by atoms with E-state index >= 15 is 0 Å². The average Bonchev–Trinajstić information content (AvgIpc) is 2.49. The third kappa shape index (κ3) is 4.06. The number of hydrogen-bond donors (Lipinski definition) is 1. The first-order valence-corrected chi connectivity index (χ1v) is 7.05. The first-order valence-electron chi connectivity index (χ1n) is 6.67. The second-order valence-corrected chi connectivity index (χ2v) is 4.81. The minimum absolute atomic E-state index is 0.326. The van der Waals surface area contributed by atoms with E-state index in [1.165, 1.54) is 0 Å². The molecule has 0 unspecified atom stereocenters. The van der Waals surface area contributed by atoms with E-state index in [-0.39, 0.29) is 0 Å². The summed E-state index contributed by atoms with van der Waals surface area (Å²) in [5.41, 5.74) is 1.04. The van der Waals surface area contributed by atoms with Gasteiger partial charge in [0.2, 0.25) is 5.88 Å². The number of methoxy groups -OCH3 is 1. The Morgan fingerprint density at radius 3 is 2.71 bits per heavy atom. The Bertz CT molecular complexity index is 620. The molecule has 1 heterocycles. The van der Waals surface area contributed by atoms with E-state index in [4.69, 9.17) is 21.1 Å². The molecular weight excluding hydrogens is 290 g/mol. The van der Waals surface area contributed by atoms with Gasteiger partial charge in [0.05, 0.1) is 0 Å². The Labute approximate surface area is 129 Å². The number of rotatable bonds is 6. The molecule has 1 aromatic carbocycles. The van der Waals surface area contributed by atoms with E-state index in [1.807, 2.05) is 25.1 Å². The van der Waals surface area contributed by atoms with Gasteiger partial charge in [-0.25, -0.2) is 4.98 Å². The second kappa shape index (κ2) is 7.24. The predicted molar refractivity (Wildman–Crippen MR) is 83.2 cm³/mol. The van der Waals surface area contributed by atoms with Crippen LogP contribution >= 0.6 is 11.6 Å². The van der Waals surface area contributed by atoms with E-state index in [0.29, 0.717) is 29.9 Å². The van der Waals surface area contributed by atoms with Crippen molar-refractivity contribution in [1.82, 2.24) is 9.97 Å². The zero-order valence-electron chi connectivity index (χ0n) is 12.3. The van der Waals surface area contributed by atoms with Gasteiger partial charge in [-0.15, -0.1) is 0 Å². The molecule has 0 bridgehead atoms. The number of nitrogens with zero attached hydrogens (tertiary/aromatic N) is 2. The molecule has 0 fully saturated rings. The van der Waals surface area contributed by atoms with Gasteiger partial charge in [0, 0.05) is 25.2 Å². The third-order valence-electron chi connectivity index (χ3n) is 2.90. The maximum absolute atomic E-state index is 6.11. The quantitative estimate of drug-likeness (QED) is 0.882. The Morgan fingerprint density at radius 1 is 1.24 bits per heavy atom. The summed E-state index contributed by atoms with van der Waals surface area (Å²) in [6, 6.07) is 7.30. The molecule has 2 rings (SSSR count). The largest absolute Gasteiger partial charge is 0.439 e. The fourth-order valence-electron chi connectivity index (χ4n) is 1.85. The van der Waals surface area contributed by atoms with Crippen molar-refractivity contribution < 1.29 is 9.47 Å². The number of anilines is 1. The van der Waals surface area contributed by atoms with E-state index in [1.54, 1.807) is 20.2 Å². The van der Waals surface area contributed by atoms with Gasteiger partial charge in [0.25, 0.3) is 0 Å². The smallest absolute Gasteiger partial charge is 0.224 e. The summed E-state index contributed by atoms with van der Waals surface area (Å²) in [6.45, 7) is 2.37. The minimum Gasteiger partial charge on any atom is -0.439 e. The highest BCUT2D eigenvalue weighted by Gasteiger charge is 2.07. The number of ether oxygens (including phenoxy) is 2. The van der Waals surface area contributed by atoms with Gasteiger partial charge in [-0.2, -0.15) is 4.98 Å². The van der Waals surface area contributed by atoms with Crippen LogP contribution in [0.4, 0.5) is 5.82 Å². The summed E-state index contributed by atoms with van der Waals surface area (Å²) >= 11 is 6.11. The lowest BCUT2D eigenvalue weighted by Gasteiger charge is -2.10. The summed E-state index contributed by atoms with van der Waals surface area (Å²) < 4.78 is 10.9. The molecule has 0 aliphatic carbocycles. The van der Waals surface area contributed by atoms with Crippen molar-refractivity contribution in [1.29, 1.82) is 0 Å². The molecule has 0 saturated heterocycles. The highest BCUT2D eigenvalue weighted by Crippen LogP contribution is 2.26. The molecule has 5 nitrogen and oxygen atoms in total. The van der Waals surface area contributed by atoms with Gasteiger partial charge in [0.1, 0.15) is 18.2 Å². The molecule has 1 N–H and O–H groups in total. The average molecular weight is 308 g/mol. The first-order chi connectivity index (χ1) is 10.2. The van der Waals surface area contributed by atoms with Crippen molar-refractivity contribution in [3.8, 4) is 11.6 Å². The number of aromatic nitrogens is 2. The van der Waals surface area contributed by atoms with Crippen LogP contribution in [0.25, 0.3) is 0 Å². The van der Waals surface area contributed by atoms with E-state index in [9.17, 15) is 0 Å². The van der Waals surface area contributed by atoms with Crippen molar-refractivity contribution in [2.45, 2.75) is 20.0 Å². The van der Waals surface area contributed by atoms with Gasteiger partial charge in [-0.05, 0) is 30.2 Å². The van der Waals surface area contributed by atoms with Crippen LogP contribution in [0.3, 0.4) is 0 Å². The zero-order chi connectivity index (χ0) is 15.2. The summed E-state index contributed by atoms with van der Waals surface area (Å²) in [5, 5.41) is 3.72. The number of benzene rings is 1. The normalized spacial score (nSPS) is 10.5. The van der Waals surface area contributed by atoms with Crippen molar-refractivity contribution in [3.63, 3.8) is 0 Å². The van der Waals surface area contributed by atoms with E-state index < -0.39 is 0 Å². The molecule has 0 aliphatic heterocycles. The third-order valence-corrected chi connectivity index (χ3v) is 3.27. The molecule has 6 heteroatoms. The summed E-state index contributed by atoms with van der Waals surface area (Å²) in [7, 11) is 3.39. The summed E-state index contributed by atoms with van der Waals surface area (Å²) in [6.07, 6.45) is 0.844. The lowest BCUT2D eigenvalue weighted by molar-refractivity contribution is 0.177. The molecule has 2 aromatic rings. The van der Waals surface area contributed by atoms with E-state index in [0.717, 1.165) is 17.0 Å². The molecule has 0 radical (unpaired) electrons. The lowest BCUT2D eigenvalue weighted by atomic mass is 10.1. The molecule has 0 saturated carbocycles. The van der Waals surface area contributed by atoms with Crippen LogP contribution in [-0.2, 0) is 17.8 Å². The first kappa shape index (κ1) is 15.5. The van der Waals surface area contributed by atoms with Gasteiger partial charge >= 0.3 is 0 Å². The van der Waals surface area contributed by atoms with Crippen LogP contribution in [0.15, 0.2) is 24.3 Å². The van der Waals surface area contributed by atoms with Crippen LogP contribution < -0.4 is 10.1 Å². The van der Waals surface area contributed by atoms with Crippen molar-refractivity contribution in [2.24, 2.45) is 0 Å². The van der Waals surface area contributed by atoms with Crippen molar-refractivity contribution in [2.75, 3.05) is 19.5 Å². The highest BCUT2D eigenvalue weighted by atomic mass is 35.5. The fourth-order valence-corrected chi connectivity index (χ4v) is 2.10. The number of halogens is 1. The van der Waals surface area contributed by atoms with Gasteiger partial charge in [0.15, 0.2) is 5.82 Å². The second-order valence-electron chi connectivity index (χ2n) is 4.40. The fraction of sp³-hybridized carbons (Fsp3) is 0.333. The summed E-state index contributed by atoms with van der Waals surface area (Å²) in [4.78, 5) is 8.60. The molecule has 1 aromatic heterocycles. The predicted octanol–water partition coefficient (Wildman–Crippen LogP) is 3.67. The SMILES string of the molecule is CCc1cc(Oc2cc(NC)nc(COC)n2)ccc1Cl. The van der Waals surface area contributed by atoms with Crippen LogP contribution in [0.5, 0.6) is 11.6 Å². The van der Waals surface area contributed by atoms with Gasteiger partial charge in [-0.1, -0.05) is 18.5 Å². The molecule has 0 atom stereocenters. The summed E-state index contributed by atoms with van der Waals surface area (Å²) in [5.74, 6) is 2.40. The number of nitrogens with one attached hydrogen (secondary N) is 1. The standard InChI is InChI=1S/C15H18ClN3O2/c1-4-10-7-11(5-6-12(10)16)21-15-8-13(17-2)18-14(19-15)9-20-3/h5-8H,4,9H2,1-3H3,(H,17,18,19). The van der Waals surface area contributed by atoms with Crippen LogP contribution in [0.1, 0.15) is 18.3 Å². The number of aryl methyl sites for hydroxylation is 1. The highest BCUT2D eigenvalue weighted by molar-refractivity contribution is 6.31. The Morgan fingerprint density at radius 2 is 2.05 bits per heavy atom.